The molecule has 0 bridgehead atoms. The summed E-state index contributed by atoms with van der Waals surface area (Å²) in [5.74, 6) is -0.319. The number of aliphatic hydroxyl groups excluding tert-OH is 1. The van der Waals surface area contributed by atoms with Crippen molar-refractivity contribution in [3.63, 3.8) is 0 Å². The molecule has 0 unspecified atom stereocenters. The summed E-state index contributed by atoms with van der Waals surface area (Å²) in [6.07, 6.45) is 0.355. The number of nitrogens with two attached hydrogens (primary N) is 1. The third kappa shape index (κ3) is 2.26. The first-order valence-electron chi connectivity index (χ1n) is 4.22. The third-order valence-electron chi connectivity index (χ3n) is 2.12. The van der Waals surface area contributed by atoms with E-state index in [2.05, 4.69) is 0 Å². The Hall–Kier alpha value is -0.930. The highest BCUT2D eigenvalue weighted by molar-refractivity contribution is 5.24. The van der Waals surface area contributed by atoms with Crippen LogP contribution in [-0.2, 0) is 5.54 Å². The van der Waals surface area contributed by atoms with Crippen LogP contribution in [0, 0.1) is 5.82 Å². The zero-order chi connectivity index (χ0) is 9.90. The summed E-state index contributed by atoms with van der Waals surface area (Å²) in [6.45, 7) is 1.67. The fraction of sp³-hybridized carbons (Fsp3) is 0.400. The summed E-state index contributed by atoms with van der Waals surface area (Å²) in [5.41, 5.74) is 5.51. The van der Waals surface area contributed by atoms with Crippen LogP contribution in [0.15, 0.2) is 24.3 Å². The molecule has 0 heterocycles. The van der Waals surface area contributed by atoms with E-state index in [4.69, 9.17) is 10.8 Å². The van der Waals surface area contributed by atoms with Crippen molar-refractivity contribution in [2.24, 2.45) is 5.73 Å². The molecule has 1 aromatic carbocycles. The van der Waals surface area contributed by atoms with Crippen molar-refractivity contribution in [2.75, 3.05) is 6.61 Å². The van der Waals surface area contributed by atoms with Crippen LogP contribution in [0.3, 0.4) is 0 Å². The average Bonchev–Trinajstić information content (AvgIpc) is 2.04. The van der Waals surface area contributed by atoms with Crippen LogP contribution < -0.4 is 5.73 Å². The third-order valence-corrected chi connectivity index (χ3v) is 2.12. The molecular weight excluding hydrogens is 169 g/mol. The monoisotopic (exact) mass is 183 g/mol. The van der Waals surface area contributed by atoms with Gasteiger partial charge in [-0.05, 0) is 19.4 Å². The normalized spacial score (nSPS) is 15.4. The van der Waals surface area contributed by atoms with E-state index in [1.165, 1.54) is 6.07 Å². The molecule has 1 aromatic rings. The molecule has 0 aliphatic rings. The van der Waals surface area contributed by atoms with E-state index in [9.17, 15) is 4.39 Å². The Morgan fingerprint density at radius 2 is 2.08 bits per heavy atom. The van der Waals surface area contributed by atoms with Crippen LogP contribution in [0.5, 0.6) is 0 Å². The van der Waals surface area contributed by atoms with Crippen molar-refractivity contribution in [1.29, 1.82) is 0 Å². The van der Waals surface area contributed by atoms with Gasteiger partial charge in [0.15, 0.2) is 0 Å². The molecule has 2 nitrogen and oxygen atoms in total. The molecule has 3 heteroatoms. The van der Waals surface area contributed by atoms with Gasteiger partial charge in [0.25, 0.3) is 0 Å². The average molecular weight is 183 g/mol. The maximum atomic E-state index is 13.2. The summed E-state index contributed by atoms with van der Waals surface area (Å²) in [6, 6.07) is 6.37. The predicted octanol–water partition coefficient (Wildman–Crippen LogP) is 1.38. The molecule has 0 spiro atoms. The Balaban J connectivity index is 2.99. The summed E-state index contributed by atoms with van der Waals surface area (Å²) in [5, 5.41) is 8.75. The molecule has 0 saturated carbocycles. The maximum Gasteiger partial charge on any atom is 0.128 e. The van der Waals surface area contributed by atoms with Crippen LogP contribution in [0.4, 0.5) is 4.39 Å². The Kier molecular flexibility index (Phi) is 3.01. The molecule has 0 aromatic heterocycles. The summed E-state index contributed by atoms with van der Waals surface area (Å²) in [7, 11) is 0. The van der Waals surface area contributed by atoms with E-state index in [0.29, 0.717) is 12.0 Å². The Morgan fingerprint density at radius 3 is 2.62 bits per heavy atom. The molecule has 0 aliphatic carbocycles. The number of hydrogen-bond donors (Lipinski definition) is 2. The van der Waals surface area contributed by atoms with Gasteiger partial charge in [-0.15, -0.1) is 0 Å². The van der Waals surface area contributed by atoms with E-state index in [0.717, 1.165) is 0 Å². The Morgan fingerprint density at radius 1 is 1.46 bits per heavy atom. The largest absolute Gasteiger partial charge is 0.396 e. The lowest BCUT2D eigenvalue weighted by atomic mass is 9.90. The van der Waals surface area contributed by atoms with Gasteiger partial charge >= 0.3 is 0 Å². The maximum absolute atomic E-state index is 13.2. The van der Waals surface area contributed by atoms with Gasteiger partial charge in [-0.3, -0.25) is 0 Å². The lowest BCUT2D eigenvalue weighted by molar-refractivity contribution is 0.244. The fourth-order valence-corrected chi connectivity index (χ4v) is 1.29. The number of aliphatic hydroxyl groups is 1. The van der Waals surface area contributed by atoms with Crippen LogP contribution in [0.25, 0.3) is 0 Å². The molecule has 1 atom stereocenters. The standard InChI is InChI=1S/C10H14FNO/c1-10(12,6-7-13)8-4-2-3-5-9(8)11/h2-5,13H,6-7,12H2,1H3/t10-/m0/s1. The van der Waals surface area contributed by atoms with Crippen LogP contribution in [0.2, 0.25) is 0 Å². The molecule has 0 saturated heterocycles. The number of benzene rings is 1. The number of hydrogen-bond acceptors (Lipinski definition) is 2. The van der Waals surface area contributed by atoms with E-state index >= 15 is 0 Å². The van der Waals surface area contributed by atoms with Gasteiger partial charge in [-0.25, -0.2) is 4.39 Å². The zero-order valence-electron chi connectivity index (χ0n) is 7.63. The molecule has 0 fully saturated rings. The first-order chi connectivity index (χ1) is 6.08. The van der Waals surface area contributed by atoms with Gasteiger partial charge in [0.1, 0.15) is 5.82 Å². The van der Waals surface area contributed by atoms with Crippen molar-refractivity contribution >= 4 is 0 Å². The number of rotatable bonds is 3. The molecule has 13 heavy (non-hydrogen) atoms. The molecule has 0 amide bonds. The second kappa shape index (κ2) is 3.85. The van der Waals surface area contributed by atoms with Crippen LogP contribution >= 0.6 is 0 Å². The zero-order valence-corrected chi connectivity index (χ0v) is 7.63. The molecule has 72 valence electrons. The first-order valence-corrected chi connectivity index (χ1v) is 4.22. The Labute approximate surface area is 77.2 Å². The minimum Gasteiger partial charge on any atom is -0.396 e. The molecule has 1 rings (SSSR count). The lowest BCUT2D eigenvalue weighted by Crippen LogP contribution is -2.34. The molecular formula is C10H14FNO. The topological polar surface area (TPSA) is 46.2 Å². The summed E-state index contributed by atoms with van der Waals surface area (Å²) in [4.78, 5) is 0. The highest BCUT2D eigenvalue weighted by atomic mass is 19.1. The van der Waals surface area contributed by atoms with E-state index in [1.54, 1.807) is 25.1 Å². The Bertz CT molecular complexity index is 286. The van der Waals surface area contributed by atoms with Crippen molar-refractivity contribution < 1.29 is 9.50 Å². The van der Waals surface area contributed by atoms with Crippen LogP contribution in [-0.4, -0.2) is 11.7 Å². The quantitative estimate of drug-likeness (QED) is 0.743. The van der Waals surface area contributed by atoms with E-state index in [1.807, 2.05) is 0 Å². The SMILES string of the molecule is C[C@](N)(CCO)c1ccccc1F. The highest BCUT2D eigenvalue weighted by Gasteiger charge is 2.23. The van der Waals surface area contributed by atoms with Crippen molar-refractivity contribution in [3.8, 4) is 0 Å². The molecule has 3 N–H and O–H groups in total. The minimum absolute atomic E-state index is 0.0403. The summed E-state index contributed by atoms with van der Waals surface area (Å²) >= 11 is 0. The fourth-order valence-electron chi connectivity index (χ4n) is 1.29. The van der Waals surface area contributed by atoms with Crippen molar-refractivity contribution in [1.82, 2.24) is 0 Å². The number of halogens is 1. The lowest BCUT2D eigenvalue weighted by Gasteiger charge is -2.24. The van der Waals surface area contributed by atoms with Gasteiger partial charge in [-0.2, -0.15) is 0 Å². The van der Waals surface area contributed by atoms with Gasteiger partial charge in [0, 0.05) is 17.7 Å². The predicted molar refractivity (Wildman–Crippen MR) is 49.6 cm³/mol. The summed E-state index contributed by atoms with van der Waals surface area (Å²) < 4.78 is 13.2. The van der Waals surface area contributed by atoms with E-state index in [-0.39, 0.29) is 12.4 Å². The molecule has 0 aliphatic heterocycles. The minimum atomic E-state index is -0.792. The first kappa shape index (κ1) is 10.2. The van der Waals surface area contributed by atoms with Crippen molar-refractivity contribution in [2.45, 2.75) is 18.9 Å². The van der Waals surface area contributed by atoms with E-state index < -0.39 is 5.54 Å². The second-order valence-corrected chi connectivity index (χ2v) is 3.37. The van der Waals surface area contributed by atoms with Crippen molar-refractivity contribution in [3.05, 3.63) is 35.6 Å². The highest BCUT2D eigenvalue weighted by Crippen LogP contribution is 2.23. The van der Waals surface area contributed by atoms with Gasteiger partial charge in [0.2, 0.25) is 0 Å². The van der Waals surface area contributed by atoms with Crippen LogP contribution in [0.1, 0.15) is 18.9 Å². The van der Waals surface area contributed by atoms with Gasteiger partial charge < -0.3 is 10.8 Å². The smallest absolute Gasteiger partial charge is 0.128 e. The van der Waals surface area contributed by atoms with Gasteiger partial charge in [-0.1, -0.05) is 18.2 Å². The second-order valence-electron chi connectivity index (χ2n) is 3.37. The molecule has 0 radical (unpaired) electrons. The van der Waals surface area contributed by atoms with Gasteiger partial charge in [0.05, 0.1) is 0 Å².